The minimum Gasteiger partial charge on any atom is -0.426 e. The van der Waals surface area contributed by atoms with Gasteiger partial charge in [-0.1, -0.05) is 84.7 Å². The van der Waals surface area contributed by atoms with E-state index in [1.54, 1.807) is 77.2 Å². The molecule has 0 aliphatic carbocycles. The van der Waals surface area contributed by atoms with E-state index in [9.17, 15) is 9.59 Å². The van der Waals surface area contributed by atoms with Crippen LogP contribution in [0.3, 0.4) is 0 Å². The zero-order chi connectivity index (χ0) is 26.7. The highest BCUT2D eigenvalue weighted by molar-refractivity contribution is 5.88. The molecule has 0 atom stereocenters. The molecule has 0 N–H and O–H groups in total. The van der Waals surface area contributed by atoms with E-state index in [0.29, 0.717) is 11.5 Å². The van der Waals surface area contributed by atoms with E-state index in [1.807, 2.05) is 13.8 Å². The van der Waals surface area contributed by atoms with Crippen LogP contribution < -0.4 is 0 Å². The Bertz CT molecular complexity index is 739. The second-order valence-corrected chi connectivity index (χ2v) is 8.47. The monoisotopic (exact) mass is 458 g/mol. The van der Waals surface area contributed by atoms with Crippen LogP contribution in [0.4, 0.5) is 0 Å². The molecule has 0 amide bonds. The SMILES string of the molecule is C=C/C=C\C(=C/C=C)OC(=O)C(C)(C)C(C)(C)C(=O)OC(/C=C\C)=C/C=C.CC.CC(C)C. The summed E-state index contributed by atoms with van der Waals surface area (Å²) in [5.41, 5.74) is -2.32. The van der Waals surface area contributed by atoms with E-state index >= 15 is 0 Å². The van der Waals surface area contributed by atoms with Crippen molar-refractivity contribution in [3.8, 4) is 0 Å². The van der Waals surface area contributed by atoms with E-state index in [1.165, 1.54) is 12.2 Å². The Kier molecular flexibility index (Phi) is 19.6. The Morgan fingerprint density at radius 2 is 1.06 bits per heavy atom. The number of hydrogen-bond donors (Lipinski definition) is 0. The standard InChI is InChI=1S/C23H30O4.C4H10.C2H6/c1-9-13-17-19(16-12-4)27-21(25)23(7,8)22(5,6)20(24)26-18(14-10-2)15-11-3;1-4(2)3;1-2/h9-17H,1-2,4H2,3,5-8H3;4H,1-3H3;1-2H3/b15-11-,17-13-,18-14+,19-16+;;. The van der Waals surface area contributed by atoms with Gasteiger partial charge < -0.3 is 9.47 Å². The molecule has 0 aromatic carbocycles. The molecule has 0 radical (unpaired) electrons. The van der Waals surface area contributed by atoms with Crippen molar-refractivity contribution >= 4 is 11.9 Å². The van der Waals surface area contributed by atoms with Gasteiger partial charge in [-0.05, 0) is 64.8 Å². The van der Waals surface area contributed by atoms with E-state index in [4.69, 9.17) is 9.47 Å². The van der Waals surface area contributed by atoms with Crippen LogP contribution in [0.1, 0.15) is 69.2 Å². The van der Waals surface area contributed by atoms with Gasteiger partial charge in [0.1, 0.15) is 11.5 Å². The molecule has 0 bridgehead atoms. The minimum absolute atomic E-state index is 0.299. The fourth-order valence-corrected chi connectivity index (χ4v) is 1.79. The van der Waals surface area contributed by atoms with Crippen LogP contribution in [-0.4, -0.2) is 11.9 Å². The van der Waals surface area contributed by atoms with Gasteiger partial charge in [0, 0.05) is 0 Å². The van der Waals surface area contributed by atoms with Gasteiger partial charge in [-0.25, -0.2) is 0 Å². The summed E-state index contributed by atoms with van der Waals surface area (Å²) in [6, 6.07) is 0. The molecule has 4 heteroatoms. The first-order valence-corrected chi connectivity index (χ1v) is 11.3. The average molecular weight is 459 g/mol. The highest BCUT2D eigenvalue weighted by Gasteiger charge is 2.51. The molecule has 0 aliphatic heterocycles. The Morgan fingerprint density at radius 1 is 0.727 bits per heavy atom. The molecule has 186 valence electrons. The maximum atomic E-state index is 12.8. The lowest BCUT2D eigenvalue weighted by Gasteiger charge is -2.37. The molecule has 0 rings (SSSR count). The second kappa shape index (κ2) is 18.7. The number of hydrogen-bond acceptors (Lipinski definition) is 4. The van der Waals surface area contributed by atoms with E-state index in [0.717, 1.165) is 5.92 Å². The quantitative estimate of drug-likeness (QED) is 0.188. The van der Waals surface area contributed by atoms with Crippen LogP contribution >= 0.6 is 0 Å². The van der Waals surface area contributed by atoms with Crippen molar-refractivity contribution in [2.24, 2.45) is 16.7 Å². The molecule has 0 spiro atoms. The summed E-state index contributed by atoms with van der Waals surface area (Å²) in [6.45, 7) is 29.7. The van der Waals surface area contributed by atoms with Crippen LogP contribution in [0.5, 0.6) is 0 Å². The van der Waals surface area contributed by atoms with Gasteiger partial charge in [0.05, 0.1) is 10.8 Å². The predicted molar refractivity (Wildman–Crippen MR) is 142 cm³/mol. The average Bonchev–Trinajstić information content (AvgIpc) is 2.73. The Morgan fingerprint density at radius 3 is 1.33 bits per heavy atom. The van der Waals surface area contributed by atoms with Crippen molar-refractivity contribution in [2.75, 3.05) is 0 Å². The Labute approximate surface area is 203 Å². The molecule has 0 unspecified atom stereocenters. The lowest BCUT2D eigenvalue weighted by molar-refractivity contribution is -0.170. The van der Waals surface area contributed by atoms with Crippen molar-refractivity contribution in [1.29, 1.82) is 0 Å². The van der Waals surface area contributed by atoms with Crippen molar-refractivity contribution in [2.45, 2.75) is 69.2 Å². The normalized spacial score (nSPS) is 12.3. The van der Waals surface area contributed by atoms with E-state index in [2.05, 4.69) is 40.5 Å². The van der Waals surface area contributed by atoms with Gasteiger partial charge in [0.2, 0.25) is 0 Å². The molecule has 0 saturated heterocycles. The van der Waals surface area contributed by atoms with Gasteiger partial charge in [-0.15, -0.1) is 0 Å². The fourth-order valence-electron chi connectivity index (χ4n) is 1.79. The number of carbonyl (C=O) groups excluding carboxylic acids is 2. The first kappa shape index (κ1) is 34.7. The Hall–Kier alpha value is -2.88. The third-order valence-corrected chi connectivity index (χ3v) is 4.30. The lowest BCUT2D eigenvalue weighted by Crippen LogP contribution is -2.46. The van der Waals surface area contributed by atoms with Crippen LogP contribution in [-0.2, 0) is 19.1 Å². The van der Waals surface area contributed by atoms with Crippen LogP contribution in [0.15, 0.2) is 85.9 Å². The number of carbonyl (C=O) groups is 2. The predicted octanol–water partition coefficient (Wildman–Crippen LogP) is 8.27. The molecule has 0 saturated carbocycles. The fraction of sp³-hybridized carbons (Fsp3) is 0.448. The molecule has 4 nitrogen and oxygen atoms in total. The van der Waals surface area contributed by atoms with Crippen LogP contribution in [0.2, 0.25) is 0 Å². The van der Waals surface area contributed by atoms with Gasteiger partial charge in [0.25, 0.3) is 0 Å². The van der Waals surface area contributed by atoms with Crippen LogP contribution in [0, 0.1) is 16.7 Å². The summed E-state index contributed by atoms with van der Waals surface area (Å²) in [5.74, 6) is 0.363. The summed E-state index contributed by atoms with van der Waals surface area (Å²) in [4.78, 5) is 25.6. The third kappa shape index (κ3) is 14.0. The van der Waals surface area contributed by atoms with Gasteiger partial charge >= 0.3 is 11.9 Å². The topological polar surface area (TPSA) is 52.6 Å². The third-order valence-electron chi connectivity index (χ3n) is 4.30. The van der Waals surface area contributed by atoms with Gasteiger partial charge in [0.15, 0.2) is 0 Å². The number of allylic oxidation sites excluding steroid dienone is 9. The maximum absolute atomic E-state index is 12.8. The summed E-state index contributed by atoms with van der Waals surface area (Å²) in [7, 11) is 0. The molecule has 0 aromatic rings. The van der Waals surface area contributed by atoms with Crippen molar-refractivity contribution < 1.29 is 19.1 Å². The van der Waals surface area contributed by atoms with E-state index in [-0.39, 0.29) is 0 Å². The summed E-state index contributed by atoms with van der Waals surface area (Å²) in [5, 5.41) is 0. The molecule has 33 heavy (non-hydrogen) atoms. The molecule has 0 aliphatic rings. The number of rotatable bonds is 10. The molecule has 0 heterocycles. The highest BCUT2D eigenvalue weighted by atomic mass is 16.5. The highest BCUT2D eigenvalue weighted by Crippen LogP contribution is 2.41. The first-order valence-electron chi connectivity index (χ1n) is 11.3. The summed E-state index contributed by atoms with van der Waals surface area (Å²) < 4.78 is 10.9. The molecule has 0 fully saturated rings. The smallest absolute Gasteiger partial charge is 0.318 e. The summed E-state index contributed by atoms with van der Waals surface area (Å²) in [6.07, 6.45) is 14.3. The van der Waals surface area contributed by atoms with Crippen molar-refractivity contribution in [3.63, 3.8) is 0 Å². The molecular formula is C29H46O4. The zero-order valence-electron chi connectivity index (χ0n) is 22.5. The largest absolute Gasteiger partial charge is 0.426 e. The van der Waals surface area contributed by atoms with Crippen molar-refractivity contribution in [3.05, 3.63) is 85.9 Å². The first-order chi connectivity index (χ1) is 15.3. The number of esters is 2. The van der Waals surface area contributed by atoms with E-state index < -0.39 is 22.8 Å². The Balaban J connectivity index is -0.00000134. The van der Waals surface area contributed by atoms with Gasteiger partial charge in [-0.2, -0.15) is 0 Å². The lowest BCUT2D eigenvalue weighted by atomic mass is 9.68. The number of ether oxygens (including phenoxy) is 2. The summed E-state index contributed by atoms with van der Waals surface area (Å²) >= 11 is 0. The maximum Gasteiger partial charge on any atom is 0.318 e. The zero-order valence-corrected chi connectivity index (χ0v) is 22.5. The molecule has 0 aromatic heterocycles. The van der Waals surface area contributed by atoms with Crippen molar-refractivity contribution in [1.82, 2.24) is 0 Å². The minimum atomic E-state index is -1.17. The second-order valence-electron chi connectivity index (χ2n) is 8.47. The van der Waals surface area contributed by atoms with Gasteiger partial charge in [-0.3, -0.25) is 9.59 Å². The molecular weight excluding hydrogens is 412 g/mol. The van der Waals surface area contributed by atoms with Crippen LogP contribution in [0.25, 0.3) is 0 Å².